The van der Waals surface area contributed by atoms with Gasteiger partial charge in [0.05, 0.1) is 28.8 Å². The van der Waals surface area contributed by atoms with Crippen LogP contribution in [0.4, 0.5) is 5.69 Å². The second-order valence-corrected chi connectivity index (χ2v) is 12.2. The third-order valence-electron chi connectivity index (χ3n) is 7.87. The van der Waals surface area contributed by atoms with Crippen LogP contribution < -0.4 is 5.32 Å². The van der Waals surface area contributed by atoms with Crippen LogP contribution in [-0.2, 0) is 4.79 Å². The summed E-state index contributed by atoms with van der Waals surface area (Å²) in [6.45, 7) is 13.8. The van der Waals surface area contributed by atoms with Crippen LogP contribution in [0.5, 0.6) is 0 Å². The number of carbonyl (C=O) groups is 1. The number of nitrogens with one attached hydrogen (secondary N) is 2. The molecule has 1 amide bonds. The van der Waals surface area contributed by atoms with Crippen molar-refractivity contribution in [1.82, 2.24) is 19.8 Å². The molecule has 2 aromatic rings. The van der Waals surface area contributed by atoms with E-state index in [0.717, 1.165) is 73.3 Å². The molecule has 2 N–H and O–H groups in total. The van der Waals surface area contributed by atoms with E-state index < -0.39 is 0 Å². The third kappa shape index (κ3) is 6.42. The first-order chi connectivity index (χ1) is 19.6. The first-order valence-electron chi connectivity index (χ1n) is 14.5. The molecule has 5 rings (SSSR count). The van der Waals surface area contributed by atoms with Crippen molar-refractivity contribution >= 4 is 34.5 Å². The molecule has 3 aliphatic rings. The van der Waals surface area contributed by atoms with Gasteiger partial charge in [0.1, 0.15) is 5.69 Å². The average Bonchev–Trinajstić information content (AvgIpc) is 3.16. The monoisotopic (exact) mass is 551 g/mol. The number of aromatic nitrogens is 1. The second-order valence-electron chi connectivity index (χ2n) is 12.2. The average molecular weight is 552 g/mol. The fourth-order valence-electron chi connectivity index (χ4n) is 5.35. The van der Waals surface area contributed by atoms with Gasteiger partial charge in [-0.2, -0.15) is 5.10 Å². The molecule has 1 saturated heterocycles. The van der Waals surface area contributed by atoms with Crippen LogP contribution in [0.2, 0.25) is 0 Å². The maximum atomic E-state index is 12.6. The zero-order valence-electron chi connectivity index (χ0n) is 24.7. The van der Waals surface area contributed by atoms with Crippen LogP contribution in [0.1, 0.15) is 45.7 Å². The summed E-state index contributed by atoms with van der Waals surface area (Å²) in [5.74, 6) is 0.767. The molecule has 0 radical (unpaired) electrons. The zero-order valence-corrected chi connectivity index (χ0v) is 24.7. The Morgan fingerprint density at radius 3 is 2.71 bits per heavy atom. The first-order valence-corrected chi connectivity index (χ1v) is 14.5. The Morgan fingerprint density at radius 2 is 1.95 bits per heavy atom. The Morgan fingerprint density at radius 1 is 1.17 bits per heavy atom. The molecule has 41 heavy (non-hydrogen) atoms. The predicted molar refractivity (Wildman–Crippen MR) is 168 cm³/mol. The number of piperidine rings is 1. The molecule has 1 aromatic heterocycles. The van der Waals surface area contributed by atoms with Crippen molar-refractivity contribution < 1.29 is 4.79 Å². The Balaban J connectivity index is 1.25. The van der Waals surface area contributed by atoms with Crippen molar-refractivity contribution in [2.24, 2.45) is 16.4 Å². The van der Waals surface area contributed by atoms with Crippen molar-refractivity contribution in [3.63, 3.8) is 0 Å². The summed E-state index contributed by atoms with van der Waals surface area (Å²) < 4.78 is 0. The number of hydrazone groups is 1. The van der Waals surface area contributed by atoms with E-state index in [1.165, 1.54) is 0 Å². The summed E-state index contributed by atoms with van der Waals surface area (Å²) in [4.78, 5) is 21.6. The van der Waals surface area contributed by atoms with Gasteiger partial charge < -0.3 is 15.1 Å². The second kappa shape index (κ2) is 11.7. The van der Waals surface area contributed by atoms with Crippen LogP contribution >= 0.6 is 0 Å². The normalized spacial score (nSPS) is 18.3. The largest absolute Gasteiger partial charge is 0.383 e. The van der Waals surface area contributed by atoms with Gasteiger partial charge in [-0.15, -0.1) is 0 Å². The van der Waals surface area contributed by atoms with E-state index in [9.17, 15) is 4.79 Å². The number of rotatable bonds is 5. The van der Waals surface area contributed by atoms with Crippen LogP contribution in [0.15, 0.2) is 83.3 Å². The van der Waals surface area contributed by atoms with Gasteiger partial charge in [-0.3, -0.25) is 10.2 Å². The smallest absolute Gasteiger partial charge is 0.246 e. The van der Waals surface area contributed by atoms with Crippen molar-refractivity contribution in [3.8, 4) is 0 Å². The van der Waals surface area contributed by atoms with E-state index in [2.05, 4.69) is 61.9 Å². The van der Waals surface area contributed by atoms with Crippen molar-refractivity contribution in [1.29, 1.82) is 5.41 Å². The molecular formula is C33H41N7O. The number of carbonyl (C=O) groups excluding carboxylic acids is 1. The molecule has 0 aliphatic carbocycles. The Kier molecular flexibility index (Phi) is 8.10. The van der Waals surface area contributed by atoms with Crippen LogP contribution in [0, 0.1) is 16.7 Å². The van der Waals surface area contributed by atoms with Crippen molar-refractivity contribution in [3.05, 3.63) is 83.9 Å². The highest BCUT2D eigenvalue weighted by atomic mass is 16.2. The minimum Gasteiger partial charge on any atom is -0.383 e. The lowest BCUT2D eigenvalue weighted by atomic mass is 9.95. The van der Waals surface area contributed by atoms with Crippen LogP contribution in [-0.4, -0.2) is 71.0 Å². The number of likely N-dealkylation sites (tertiary alicyclic amines) is 1. The highest BCUT2D eigenvalue weighted by Crippen LogP contribution is 2.29. The van der Waals surface area contributed by atoms with Gasteiger partial charge >= 0.3 is 0 Å². The molecule has 8 heteroatoms. The number of hydrogen-bond acceptors (Lipinski definition) is 6. The highest BCUT2D eigenvalue weighted by Gasteiger charge is 2.26. The first kappa shape index (κ1) is 28.3. The van der Waals surface area contributed by atoms with E-state index in [-0.39, 0.29) is 17.2 Å². The number of amidine groups is 1. The lowest BCUT2D eigenvalue weighted by Gasteiger charge is -2.32. The maximum absolute atomic E-state index is 12.6. The summed E-state index contributed by atoms with van der Waals surface area (Å²) in [7, 11) is 2.05. The molecule has 0 atom stereocenters. The van der Waals surface area contributed by atoms with Gasteiger partial charge in [-0.25, -0.2) is 9.99 Å². The predicted octanol–water partition coefficient (Wildman–Crippen LogP) is 5.77. The van der Waals surface area contributed by atoms with Gasteiger partial charge in [0, 0.05) is 44.2 Å². The lowest BCUT2D eigenvalue weighted by Crippen LogP contribution is -2.39. The molecule has 0 bridgehead atoms. The molecule has 0 spiro atoms. The molecule has 8 nitrogen and oxygen atoms in total. The number of anilines is 1. The SMILES string of the molecule is C=C1C2=C(C=NN1C(=N)c1ccc3cccc(NCC4CCN(C(=O)/C=C\C(C)(C)C)CC4)c3n1)N(C)CCC=C2. The number of para-hydroxylation sites is 1. The summed E-state index contributed by atoms with van der Waals surface area (Å²) in [6.07, 6.45) is 12.6. The van der Waals surface area contributed by atoms with Gasteiger partial charge in [-0.1, -0.05) is 63.8 Å². The fourth-order valence-corrected chi connectivity index (χ4v) is 5.35. The lowest BCUT2D eigenvalue weighted by molar-refractivity contribution is -0.127. The molecule has 4 heterocycles. The summed E-state index contributed by atoms with van der Waals surface area (Å²) in [5, 5.41) is 19.7. The summed E-state index contributed by atoms with van der Waals surface area (Å²) in [6, 6.07) is 9.99. The Hall–Kier alpha value is -4.20. The highest BCUT2D eigenvalue weighted by molar-refractivity contribution is 6.01. The number of allylic oxidation sites excluding steroid dienone is 3. The molecule has 214 valence electrons. The summed E-state index contributed by atoms with van der Waals surface area (Å²) in [5.41, 5.74) is 4.98. The number of benzene rings is 1. The van der Waals surface area contributed by atoms with Crippen molar-refractivity contribution in [2.75, 3.05) is 38.5 Å². The summed E-state index contributed by atoms with van der Waals surface area (Å²) >= 11 is 0. The molecule has 0 saturated carbocycles. The molecule has 0 unspecified atom stereocenters. The minimum atomic E-state index is 0.00198. The molecule has 1 aromatic carbocycles. The number of fused-ring (bicyclic) bond motifs is 1. The van der Waals surface area contributed by atoms with E-state index in [0.29, 0.717) is 17.3 Å². The van der Waals surface area contributed by atoms with Crippen LogP contribution in [0.3, 0.4) is 0 Å². The van der Waals surface area contributed by atoms with Gasteiger partial charge in [0.15, 0.2) is 5.84 Å². The Bertz CT molecular complexity index is 1470. The topological polar surface area (TPSA) is 87.9 Å². The molecule has 1 fully saturated rings. The van der Waals surface area contributed by atoms with Gasteiger partial charge in [0.25, 0.3) is 0 Å². The fraction of sp³-hybridized carbons (Fsp3) is 0.394. The number of pyridine rings is 1. The quantitative estimate of drug-likeness (QED) is 0.280. The molecule has 3 aliphatic heterocycles. The van der Waals surface area contributed by atoms with Crippen molar-refractivity contribution in [2.45, 2.75) is 40.0 Å². The van der Waals surface area contributed by atoms with E-state index in [1.807, 2.05) is 47.5 Å². The van der Waals surface area contributed by atoms with E-state index in [1.54, 1.807) is 11.1 Å². The number of amides is 1. The van der Waals surface area contributed by atoms with E-state index >= 15 is 0 Å². The van der Waals surface area contributed by atoms with E-state index in [4.69, 9.17) is 10.4 Å². The zero-order chi connectivity index (χ0) is 29.1. The van der Waals surface area contributed by atoms with Gasteiger partial charge in [0.2, 0.25) is 5.91 Å². The minimum absolute atomic E-state index is 0.00198. The third-order valence-corrected chi connectivity index (χ3v) is 7.87. The van der Waals surface area contributed by atoms with Gasteiger partial charge in [-0.05, 0) is 48.8 Å². The maximum Gasteiger partial charge on any atom is 0.246 e. The molecular weight excluding hydrogens is 510 g/mol. The number of hydrogen-bond donors (Lipinski definition) is 2. The number of nitrogens with zero attached hydrogens (tertiary/aromatic N) is 5. The Labute approximate surface area is 243 Å². The standard InChI is InChI=1S/C33H41N7O/c1-23-26-10-6-7-18-38(5)29(26)22-36-40(23)32(34)28-13-12-25-9-8-11-27(31(25)37-28)35-21-24-15-19-39(20-16-24)30(41)14-17-33(2,3)4/h6,8-14,17,22,24,34-35H,1,7,15-16,18-21H2,2-5H3/b17-14-,34-32?. The van der Waals surface area contributed by atoms with Crippen LogP contribution in [0.25, 0.3) is 10.9 Å².